The van der Waals surface area contributed by atoms with Crippen LogP contribution in [0.4, 0.5) is 8.78 Å². The monoisotopic (exact) mass is 305 g/mol. The van der Waals surface area contributed by atoms with Crippen LogP contribution in [0.5, 0.6) is 0 Å². The summed E-state index contributed by atoms with van der Waals surface area (Å²) in [6, 6.07) is 6.23. The van der Waals surface area contributed by atoms with Gasteiger partial charge in [-0.25, -0.2) is 8.78 Å². The van der Waals surface area contributed by atoms with Gasteiger partial charge in [0.1, 0.15) is 6.61 Å². The van der Waals surface area contributed by atoms with Crippen molar-refractivity contribution < 1.29 is 13.5 Å². The first-order valence-electron chi connectivity index (χ1n) is 5.50. The summed E-state index contributed by atoms with van der Waals surface area (Å²) in [5, 5.41) is 0. The third kappa shape index (κ3) is 3.72. The average Bonchev–Trinajstić information content (AvgIpc) is 2.66. The quantitative estimate of drug-likeness (QED) is 0.775. The van der Waals surface area contributed by atoms with Crippen LogP contribution in [0.15, 0.2) is 22.7 Å². The van der Waals surface area contributed by atoms with Crippen LogP contribution < -0.4 is 0 Å². The van der Waals surface area contributed by atoms with Gasteiger partial charge in [0, 0.05) is 24.1 Å². The molecular weight excluding hydrogens is 292 g/mol. The van der Waals surface area contributed by atoms with Crippen LogP contribution in [0.1, 0.15) is 11.1 Å². The lowest BCUT2D eigenvalue weighted by atomic mass is 10.1. The molecule has 1 aliphatic heterocycles. The Morgan fingerprint density at radius 3 is 2.82 bits per heavy atom. The molecule has 0 fully saturated rings. The van der Waals surface area contributed by atoms with E-state index in [-0.39, 0.29) is 0 Å². The highest BCUT2D eigenvalue weighted by molar-refractivity contribution is 9.10. The molecule has 2 rings (SSSR count). The summed E-state index contributed by atoms with van der Waals surface area (Å²) >= 11 is 3.44. The van der Waals surface area contributed by atoms with E-state index in [4.69, 9.17) is 4.74 Å². The highest BCUT2D eigenvalue weighted by Gasteiger charge is 2.18. The zero-order valence-corrected chi connectivity index (χ0v) is 10.9. The predicted molar refractivity (Wildman–Crippen MR) is 65.1 cm³/mol. The average molecular weight is 306 g/mol. The van der Waals surface area contributed by atoms with Crippen molar-refractivity contribution in [3.63, 3.8) is 0 Å². The molecule has 0 radical (unpaired) electrons. The fourth-order valence-electron chi connectivity index (χ4n) is 1.96. The van der Waals surface area contributed by atoms with E-state index >= 15 is 0 Å². The first kappa shape index (κ1) is 12.9. The number of nitrogens with zero attached hydrogens (tertiary/aromatic N) is 1. The molecule has 0 saturated heterocycles. The van der Waals surface area contributed by atoms with E-state index in [1.165, 1.54) is 11.1 Å². The molecule has 1 aromatic rings. The number of rotatable bonds is 5. The van der Waals surface area contributed by atoms with Crippen LogP contribution in [0, 0.1) is 0 Å². The Bertz CT molecular complexity index is 387. The summed E-state index contributed by atoms with van der Waals surface area (Å²) in [4.78, 5) is 2.20. The molecule has 0 amide bonds. The van der Waals surface area contributed by atoms with Gasteiger partial charge < -0.3 is 4.74 Å². The highest BCUT2D eigenvalue weighted by atomic mass is 79.9. The number of hydrogen-bond acceptors (Lipinski definition) is 2. The van der Waals surface area contributed by atoms with Gasteiger partial charge in [-0.05, 0) is 23.3 Å². The summed E-state index contributed by atoms with van der Waals surface area (Å²) in [7, 11) is 0. The third-order valence-electron chi connectivity index (χ3n) is 2.75. The predicted octanol–water partition coefficient (Wildman–Crippen LogP) is 3.05. The van der Waals surface area contributed by atoms with Crippen LogP contribution in [0.25, 0.3) is 0 Å². The highest BCUT2D eigenvalue weighted by Crippen LogP contribution is 2.25. The maximum Gasteiger partial charge on any atom is 0.261 e. The number of benzene rings is 1. The third-order valence-corrected chi connectivity index (χ3v) is 3.25. The smallest absolute Gasteiger partial charge is 0.261 e. The van der Waals surface area contributed by atoms with Gasteiger partial charge in [0.15, 0.2) is 0 Å². The van der Waals surface area contributed by atoms with E-state index in [0.29, 0.717) is 13.2 Å². The molecule has 1 aliphatic rings. The number of alkyl halides is 2. The van der Waals surface area contributed by atoms with Crippen molar-refractivity contribution in [3.8, 4) is 0 Å². The van der Waals surface area contributed by atoms with Gasteiger partial charge >= 0.3 is 0 Å². The number of halogens is 3. The Morgan fingerprint density at radius 2 is 2.06 bits per heavy atom. The van der Waals surface area contributed by atoms with Crippen molar-refractivity contribution in [2.75, 3.05) is 19.8 Å². The number of hydrogen-bond donors (Lipinski definition) is 0. The molecule has 1 aromatic carbocycles. The molecule has 17 heavy (non-hydrogen) atoms. The van der Waals surface area contributed by atoms with Crippen LogP contribution in [0.2, 0.25) is 0 Å². The Morgan fingerprint density at radius 1 is 1.29 bits per heavy atom. The molecule has 5 heteroatoms. The normalized spacial score (nSPS) is 15.5. The van der Waals surface area contributed by atoms with Gasteiger partial charge in [-0.15, -0.1) is 0 Å². The molecule has 0 aromatic heterocycles. The summed E-state index contributed by atoms with van der Waals surface area (Å²) in [5.74, 6) is 0. The van der Waals surface area contributed by atoms with Crippen LogP contribution in [-0.4, -0.2) is 31.1 Å². The van der Waals surface area contributed by atoms with Gasteiger partial charge in [-0.2, -0.15) is 0 Å². The first-order chi connectivity index (χ1) is 8.15. The summed E-state index contributed by atoms with van der Waals surface area (Å²) in [6.45, 7) is 2.33. The molecule has 1 heterocycles. The van der Waals surface area contributed by atoms with Crippen LogP contribution in [-0.2, 0) is 17.8 Å². The van der Waals surface area contributed by atoms with E-state index < -0.39 is 13.0 Å². The summed E-state index contributed by atoms with van der Waals surface area (Å²) in [6.07, 6.45) is -2.37. The SMILES string of the molecule is FC(F)COCCN1Cc2ccc(Br)cc2C1. The van der Waals surface area contributed by atoms with Gasteiger partial charge in [-0.1, -0.05) is 22.0 Å². The Kier molecular flexibility index (Phi) is 4.48. The maximum atomic E-state index is 11.9. The van der Waals surface area contributed by atoms with Gasteiger partial charge in [0.05, 0.1) is 6.61 Å². The molecule has 0 aliphatic carbocycles. The summed E-state index contributed by atoms with van der Waals surface area (Å²) in [5.41, 5.74) is 2.61. The van der Waals surface area contributed by atoms with Crippen molar-refractivity contribution in [2.45, 2.75) is 19.5 Å². The van der Waals surface area contributed by atoms with Gasteiger partial charge in [0.25, 0.3) is 6.43 Å². The van der Waals surface area contributed by atoms with Crippen molar-refractivity contribution in [1.82, 2.24) is 4.90 Å². The van der Waals surface area contributed by atoms with E-state index in [2.05, 4.69) is 33.0 Å². The second-order valence-electron chi connectivity index (χ2n) is 4.09. The molecule has 2 nitrogen and oxygen atoms in total. The minimum absolute atomic E-state index is 0.361. The molecular formula is C12H14BrF2NO. The second kappa shape index (κ2) is 5.89. The van der Waals surface area contributed by atoms with Gasteiger partial charge in [0.2, 0.25) is 0 Å². The van der Waals surface area contributed by atoms with E-state index in [0.717, 1.165) is 17.6 Å². The Balaban J connectivity index is 1.76. The molecule has 0 spiro atoms. The Labute approximate surface area is 108 Å². The van der Waals surface area contributed by atoms with Crippen molar-refractivity contribution in [1.29, 1.82) is 0 Å². The first-order valence-corrected chi connectivity index (χ1v) is 6.30. The standard InChI is InChI=1S/C12H14BrF2NO/c13-11-2-1-9-6-16(7-10(9)5-11)3-4-17-8-12(14)15/h1-2,5,12H,3-4,6-8H2. The zero-order chi connectivity index (χ0) is 12.3. The minimum atomic E-state index is -2.37. The lowest BCUT2D eigenvalue weighted by Crippen LogP contribution is -2.22. The molecule has 94 valence electrons. The lowest BCUT2D eigenvalue weighted by molar-refractivity contribution is 0.00941. The zero-order valence-electron chi connectivity index (χ0n) is 9.33. The minimum Gasteiger partial charge on any atom is -0.374 e. The lowest BCUT2D eigenvalue weighted by Gasteiger charge is -2.14. The number of fused-ring (bicyclic) bond motifs is 1. The maximum absolute atomic E-state index is 11.9. The molecule has 0 bridgehead atoms. The van der Waals surface area contributed by atoms with Crippen LogP contribution >= 0.6 is 15.9 Å². The molecule has 0 saturated carbocycles. The largest absolute Gasteiger partial charge is 0.374 e. The van der Waals surface area contributed by atoms with Crippen molar-refractivity contribution in [2.24, 2.45) is 0 Å². The topological polar surface area (TPSA) is 12.5 Å². The van der Waals surface area contributed by atoms with Gasteiger partial charge in [-0.3, -0.25) is 4.90 Å². The number of ether oxygens (including phenoxy) is 1. The van der Waals surface area contributed by atoms with E-state index in [1.54, 1.807) is 0 Å². The molecule has 0 atom stereocenters. The Hall–Kier alpha value is -0.520. The molecule has 0 unspecified atom stereocenters. The van der Waals surface area contributed by atoms with E-state index in [9.17, 15) is 8.78 Å². The summed E-state index contributed by atoms with van der Waals surface area (Å²) < 4.78 is 29.7. The van der Waals surface area contributed by atoms with E-state index in [1.807, 2.05) is 6.07 Å². The van der Waals surface area contributed by atoms with Crippen molar-refractivity contribution in [3.05, 3.63) is 33.8 Å². The molecule has 0 N–H and O–H groups in total. The second-order valence-corrected chi connectivity index (χ2v) is 5.01. The van der Waals surface area contributed by atoms with Crippen LogP contribution in [0.3, 0.4) is 0 Å². The fraction of sp³-hybridized carbons (Fsp3) is 0.500. The fourth-order valence-corrected chi connectivity index (χ4v) is 2.37. The van der Waals surface area contributed by atoms with Crippen molar-refractivity contribution >= 4 is 15.9 Å².